The predicted molar refractivity (Wildman–Crippen MR) is 72.5 cm³/mol. The van der Waals surface area contributed by atoms with E-state index in [-0.39, 0.29) is 11.5 Å². The maximum absolute atomic E-state index is 12.0. The van der Waals surface area contributed by atoms with E-state index in [0.29, 0.717) is 12.1 Å². The van der Waals surface area contributed by atoms with Crippen molar-refractivity contribution in [2.75, 3.05) is 0 Å². The second kappa shape index (κ2) is 5.56. The highest BCUT2D eigenvalue weighted by Crippen LogP contribution is 2.07. The fourth-order valence-corrected chi connectivity index (χ4v) is 1.76. The number of aromatic carboxylic acids is 1. The van der Waals surface area contributed by atoms with Crippen LogP contribution in [0, 0.1) is 6.92 Å². The van der Waals surface area contributed by atoms with Crippen LogP contribution < -0.4 is 5.32 Å². The zero-order valence-corrected chi connectivity index (χ0v) is 11.3. The van der Waals surface area contributed by atoms with Crippen LogP contribution in [0.25, 0.3) is 0 Å². The number of carboxylic acid groups (broad SMARTS) is 1. The Labute approximate surface area is 116 Å². The largest absolute Gasteiger partial charge is 0.478 e. The molecule has 104 valence electrons. The Hall–Kier alpha value is -2.63. The number of amides is 1. The van der Waals surface area contributed by atoms with E-state index in [1.807, 2.05) is 6.92 Å². The molecule has 0 atom stereocenters. The number of hydrogen-bond donors (Lipinski definition) is 2. The van der Waals surface area contributed by atoms with Crippen LogP contribution in [-0.2, 0) is 13.6 Å². The van der Waals surface area contributed by atoms with Crippen LogP contribution in [0.1, 0.15) is 32.0 Å². The molecule has 0 fully saturated rings. The summed E-state index contributed by atoms with van der Waals surface area (Å²) in [7, 11) is 1.77. The number of aromatic nitrogens is 2. The van der Waals surface area contributed by atoms with E-state index in [9.17, 15) is 9.59 Å². The molecule has 0 unspecified atom stereocenters. The lowest BCUT2D eigenvalue weighted by atomic mass is 10.1. The number of carbonyl (C=O) groups excluding carboxylic acids is 1. The number of benzene rings is 1. The standard InChI is InChI=1S/C14H15N3O3/c1-9-12(8-16-17(9)2)13(18)15-7-10-3-5-11(6-4-10)14(19)20/h3-6,8H,7H2,1-2H3,(H,15,18)(H,19,20). The van der Waals surface area contributed by atoms with Gasteiger partial charge in [0.2, 0.25) is 0 Å². The van der Waals surface area contributed by atoms with Gasteiger partial charge in [0.25, 0.3) is 5.91 Å². The van der Waals surface area contributed by atoms with Crippen LogP contribution in [0.5, 0.6) is 0 Å². The molecule has 0 radical (unpaired) electrons. The molecule has 20 heavy (non-hydrogen) atoms. The Balaban J connectivity index is 2.00. The van der Waals surface area contributed by atoms with Crippen molar-refractivity contribution >= 4 is 11.9 Å². The Bertz CT molecular complexity index is 644. The monoisotopic (exact) mass is 273 g/mol. The Morgan fingerprint density at radius 1 is 1.30 bits per heavy atom. The molecule has 2 N–H and O–H groups in total. The van der Waals surface area contributed by atoms with Crippen molar-refractivity contribution in [1.29, 1.82) is 0 Å². The maximum atomic E-state index is 12.0. The van der Waals surface area contributed by atoms with Crippen molar-refractivity contribution in [1.82, 2.24) is 15.1 Å². The van der Waals surface area contributed by atoms with Crippen LogP contribution in [0.4, 0.5) is 0 Å². The van der Waals surface area contributed by atoms with Gasteiger partial charge in [-0.15, -0.1) is 0 Å². The summed E-state index contributed by atoms with van der Waals surface area (Å²) in [6.07, 6.45) is 1.53. The van der Waals surface area contributed by atoms with E-state index in [2.05, 4.69) is 10.4 Å². The van der Waals surface area contributed by atoms with Crippen molar-refractivity contribution in [2.24, 2.45) is 7.05 Å². The molecule has 0 spiro atoms. The summed E-state index contributed by atoms with van der Waals surface area (Å²) < 4.78 is 1.64. The molecular weight excluding hydrogens is 258 g/mol. The van der Waals surface area contributed by atoms with E-state index in [4.69, 9.17) is 5.11 Å². The molecule has 0 aliphatic carbocycles. The number of rotatable bonds is 4. The lowest BCUT2D eigenvalue weighted by Crippen LogP contribution is -2.23. The molecule has 2 aromatic rings. The van der Waals surface area contributed by atoms with Gasteiger partial charge in [0.05, 0.1) is 17.3 Å². The van der Waals surface area contributed by atoms with Crippen molar-refractivity contribution in [3.05, 3.63) is 52.8 Å². The van der Waals surface area contributed by atoms with Gasteiger partial charge >= 0.3 is 5.97 Å². The number of carboxylic acids is 1. The van der Waals surface area contributed by atoms with Crippen molar-refractivity contribution < 1.29 is 14.7 Å². The van der Waals surface area contributed by atoms with Gasteiger partial charge in [-0.05, 0) is 24.6 Å². The lowest BCUT2D eigenvalue weighted by molar-refractivity contribution is 0.0696. The van der Waals surface area contributed by atoms with Gasteiger partial charge in [-0.3, -0.25) is 9.48 Å². The number of nitrogens with one attached hydrogen (secondary N) is 1. The second-order valence-corrected chi connectivity index (χ2v) is 4.45. The molecule has 2 rings (SSSR count). The Morgan fingerprint density at radius 3 is 2.45 bits per heavy atom. The van der Waals surface area contributed by atoms with Crippen molar-refractivity contribution in [3.63, 3.8) is 0 Å². The molecule has 0 aliphatic rings. The summed E-state index contributed by atoms with van der Waals surface area (Å²) in [5.41, 5.74) is 2.39. The molecule has 0 bridgehead atoms. The SMILES string of the molecule is Cc1c(C(=O)NCc2ccc(C(=O)O)cc2)cnn1C. The number of aryl methyl sites for hydroxylation is 1. The molecule has 1 aromatic heterocycles. The maximum Gasteiger partial charge on any atom is 0.335 e. The first-order valence-corrected chi connectivity index (χ1v) is 6.08. The zero-order chi connectivity index (χ0) is 14.7. The average molecular weight is 273 g/mol. The van der Waals surface area contributed by atoms with Gasteiger partial charge < -0.3 is 10.4 Å². The van der Waals surface area contributed by atoms with Crippen LogP contribution in [0.2, 0.25) is 0 Å². The third-order valence-electron chi connectivity index (χ3n) is 3.13. The minimum absolute atomic E-state index is 0.196. The van der Waals surface area contributed by atoms with E-state index in [0.717, 1.165) is 11.3 Å². The quantitative estimate of drug-likeness (QED) is 0.880. The first kappa shape index (κ1) is 13.8. The summed E-state index contributed by atoms with van der Waals surface area (Å²) in [5, 5.41) is 15.6. The molecule has 0 saturated heterocycles. The van der Waals surface area contributed by atoms with Gasteiger partial charge in [-0.1, -0.05) is 12.1 Å². The lowest BCUT2D eigenvalue weighted by Gasteiger charge is -2.05. The molecule has 1 heterocycles. The van der Waals surface area contributed by atoms with E-state index < -0.39 is 5.97 Å². The Morgan fingerprint density at radius 2 is 1.95 bits per heavy atom. The molecule has 1 amide bonds. The van der Waals surface area contributed by atoms with Crippen molar-refractivity contribution in [3.8, 4) is 0 Å². The van der Waals surface area contributed by atoms with Gasteiger partial charge in [0.1, 0.15) is 0 Å². The molecule has 0 saturated carbocycles. The highest BCUT2D eigenvalue weighted by molar-refractivity contribution is 5.95. The van der Waals surface area contributed by atoms with Gasteiger partial charge in [-0.25, -0.2) is 4.79 Å². The number of hydrogen-bond acceptors (Lipinski definition) is 3. The summed E-state index contributed by atoms with van der Waals surface area (Å²) in [5.74, 6) is -1.16. The van der Waals surface area contributed by atoms with Crippen LogP contribution in [0.3, 0.4) is 0 Å². The summed E-state index contributed by atoms with van der Waals surface area (Å²) in [6.45, 7) is 2.16. The highest BCUT2D eigenvalue weighted by Gasteiger charge is 2.12. The summed E-state index contributed by atoms with van der Waals surface area (Å²) in [6, 6.07) is 6.39. The van der Waals surface area contributed by atoms with E-state index in [1.165, 1.54) is 18.3 Å². The molecule has 6 heteroatoms. The normalized spacial score (nSPS) is 10.3. The van der Waals surface area contributed by atoms with E-state index >= 15 is 0 Å². The van der Waals surface area contributed by atoms with Crippen LogP contribution in [-0.4, -0.2) is 26.8 Å². The van der Waals surface area contributed by atoms with Crippen LogP contribution in [0.15, 0.2) is 30.5 Å². The topological polar surface area (TPSA) is 84.2 Å². The third-order valence-corrected chi connectivity index (χ3v) is 3.13. The predicted octanol–water partition coefficient (Wildman–Crippen LogP) is 1.36. The minimum Gasteiger partial charge on any atom is -0.478 e. The fraction of sp³-hybridized carbons (Fsp3) is 0.214. The van der Waals surface area contributed by atoms with Crippen molar-refractivity contribution in [2.45, 2.75) is 13.5 Å². The summed E-state index contributed by atoms with van der Waals surface area (Å²) in [4.78, 5) is 22.7. The fourth-order valence-electron chi connectivity index (χ4n) is 1.76. The van der Waals surface area contributed by atoms with Crippen LogP contribution >= 0.6 is 0 Å². The van der Waals surface area contributed by atoms with E-state index in [1.54, 1.807) is 23.9 Å². The molecule has 1 aromatic carbocycles. The molecule has 0 aliphatic heterocycles. The van der Waals surface area contributed by atoms with Gasteiger partial charge in [0.15, 0.2) is 0 Å². The highest BCUT2D eigenvalue weighted by atomic mass is 16.4. The minimum atomic E-state index is -0.966. The molecular formula is C14H15N3O3. The number of carbonyl (C=O) groups is 2. The first-order valence-electron chi connectivity index (χ1n) is 6.08. The van der Waals surface area contributed by atoms with Gasteiger partial charge in [0, 0.05) is 19.3 Å². The third kappa shape index (κ3) is 2.85. The summed E-state index contributed by atoms with van der Waals surface area (Å²) >= 11 is 0. The Kier molecular flexibility index (Phi) is 3.84. The zero-order valence-electron chi connectivity index (χ0n) is 11.3. The average Bonchev–Trinajstić information content (AvgIpc) is 2.77. The number of nitrogens with zero attached hydrogens (tertiary/aromatic N) is 2. The van der Waals surface area contributed by atoms with Gasteiger partial charge in [-0.2, -0.15) is 5.10 Å². The smallest absolute Gasteiger partial charge is 0.335 e. The molecule has 6 nitrogen and oxygen atoms in total. The second-order valence-electron chi connectivity index (χ2n) is 4.45. The first-order chi connectivity index (χ1) is 9.49.